The van der Waals surface area contributed by atoms with Gasteiger partial charge in [0.2, 0.25) is 0 Å². The van der Waals surface area contributed by atoms with Gasteiger partial charge in [-0.2, -0.15) is 0 Å². The number of carboxylic acids is 1. The SMILES string of the molecule is CC(Nc1ccccc1C(=O)O)C1(C)CC1. The molecule has 1 atom stereocenters. The lowest BCUT2D eigenvalue weighted by molar-refractivity contribution is 0.0698. The number of benzene rings is 1. The number of carboxylic acid groups (broad SMARTS) is 1. The average Bonchev–Trinajstić information content (AvgIpc) is 2.98. The predicted octanol–water partition coefficient (Wildman–Crippen LogP) is 2.99. The van der Waals surface area contributed by atoms with E-state index in [9.17, 15) is 4.79 Å². The molecule has 1 aliphatic rings. The summed E-state index contributed by atoms with van der Waals surface area (Å²) in [6.07, 6.45) is 2.44. The normalized spacial score (nSPS) is 18.9. The minimum absolute atomic E-state index is 0.313. The molecule has 0 aliphatic heterocycles. The smallest absolute Gasteiger partial charge is 0.337 e. The number of rotatable bonds is 4. The molecule has 0 spiro atoms. The van der Waals surface area contributed by atoms with Gasteiger partial charge < -0.3 is 10.4 Å². The van der Waals surface area contributed by atoms with Crippen LogP contribution in [0.25, 0.3) is 0 Å². The van der Waals surface area contributed by atoms with Crippen LogP contribution in [-0.2, 0) is 0 Å². The lowest BCUT2D eigenvalue weighted by Crippen LogP contribution is -2.25. The highest BCUT2D eigenvalue weighted by atomic mass is 16.4. The van der Waals surface area contributed by atoms with E-state index in [0.29, 0.717) is 17.0 Å². The van der Waals surface area contributed by atoms with Crippen molar-refractivity contribution in [1.82, 2.24) is 0 Å². The Hall–Kier alpha value is -1.51. The minimum Gasteiger partial charge on any atom is -0.478 e. The zero-order valence-corrected chi connectivity index (χ0v) is 9.66. The van der Waals surface area contributed by atoms with Crippen molar-refractivity contribution < 1.29 is 9.90 Å². The summed E-state index contributed by atoms with van der Waals surface area (Å²) in [5, 5.41) is 12.4. The van der Waals surface area contributed by atoms with Gasteiger partial charge in [-0.3, -0.25) is 0 Å². The van der Waals surface area contributed by atoms with Gasteiger partial charge in [0.25, 0.3) is 0 Å². The molecule has 0 saturated heterocycles. The average molecular weight is 219 g/mol. The van der Waals surface area contributed by atoms with Crippen molar-refractivity contribution in [2.75, 3.05) is 5.32 Å². The van der Waals surface area contributed by atoms with Crippen LogP contribution in [0.15, 0.2) is 24.3 Å². The molecule has 0 bridgehead atoms. The maximum absolute atomic E-state index is 11.0. The Morgan fingerprint density at radius 3 is 2.62 bits per heavy atom. The first-order chi connectivity index (χ1) is 7.53. The quantitative estimate of drug-likeness (QED) is 0.818. The van der Waals surface area contributed by atoms with E-state index in [4.69, 9.17) is 5.11 Å². The second-order valence-electron chi connectivity index (χ2n) is 4.87. The summed E-state index contributed by atoms with van der Waals surface area (Å²) in [5.41, 5.74) is 1.40. The maximum atomic E-state index is 11.0. The maximum Gasteiger partial charge on any atom is 0.337 e. The van der Waals surface area contributed by atoms with E-state index in [0.717, 1.165) is 5.69 Å². The first kappa shape index (κ1) is 11.0. The van der Waals surface area contributed by atoms with Crippen LogP contribution >= 0.6 is 0 Å². The molecule has 3 heteroatoms. The van der Waals surface area contributed by atoms with Crippen molar-refractivity contribution in [3.63, 3.8) is 0 Å². The van der Waals surface area contributed by atoms with Crippen LogP contribution < -0.4 is 5.32 Å². The molecule has 3 nitrogen and oxygen atoms in total. The van der Waals surface area contributed by atoms with Crippen LogP contribution in [0.1, 0.15) is 37.0 Å². The Balaban J connectivity index is 2.17. The van der Waals surface area contributed by atoms with E-state index in [1.165, 1.54) is 12.8 Å². The first-order valence-corrected chi connectivity index (χ1v) is 5.62. The number of carbonyl (C=O) groups is 1. The fourth-order valence-electron chi connectivity index (χ4n) is 1.83. The Kier molecular flexibility index (Phi) is 2.62. The number of anilines is 1. The third kappa shape index (κ3) is 2.03. The van der Waals surface area contributed by atoms with Gasteiger partial charge in [-0.05, 0) is 37.3 Å². The molecule has 2 rings (SSSR count). The number of nitrogens with one attached hydrogen (secondary N) is 1. The molecule has 0 heterocycles. The summed E-state index contributed by atoms with van der Waals surface area (Å²) in [4.78, 5) is 11.0. The zero-order chi connectivity index (χ0) is 11.8. The molecule has 2 N–H and O–H groups in total. The van der Waals surface area contributed by atoms with Gasteiger partial charge in [0.15, 0.2) is 0 Å². The van der Waals surface area contributed by atoms with E-state index in [1.807, 2.05) is 12.1 Å². The second kappa shape index (κ2) is 3.81. The van der Waals surface area contributed by atoms with Gasteiger partial charge in [-0.25, -0.2) is 4.79 Å². The lowest BCUT2D eigenvalue weighted by Gasteiger charge is -2.22. The monoisotopic (exact) mass is 219 g/mol. The van der Waals surface area contributed by atoms with Crippen LogP contribution in [0, 0.1) is 5.41 Å². The molecule has 1 aliphatic carbocycles. The van der Waals surface area contributed by atoms with Gasteiger partial charge >= 0.3 is 5.97 Å². The summed E-state index contributed by atoms with van der Waals surface area (Å²) in [6, 6.07) is 7.38. The molecule has 1 aromatic rings. The van der Waals surface area contributed by atoms with E-state index in [-0.39, 0.29) is 0 Å². The fraction of sp³-hybridized carbons (Fsp3) is 0.462. The molecule has 16 heavy (non-hydrogen) atoms. The third-order valence-corrected chi connectivity index (χ3v) is 3.61. The summed E-state index contributed by atoms with van der Waals surface area (Å²) in [7, 11) is 0. The molecular formula is C13H17NO2. The molecule has 0 amide bonds. The Bertz CT molecular complexity index is 410. The van der Waals surface area contributed by atoms with E-state index < -0.39 is 5.97 Å². The van der Waals surface area contributed by atoms with Gasteiger partial charge in [-0.1, -0.05) is 19.1 Å². The van der Waals surface area contributed by atoms with Crippen molar-refractivity contribution >= 4 is 11.7 Å². The highest BCUT2D eigenvalue weighted by molar-refractivity contribution is 5.94. The fourth-order valence-corrected chi connectivity index (χ4v) is 1.83. The third-order valence-electron chi connectivity index (χ3n) is 3.61. The number of aromatic carboxylic acids is 1. The topological polar surface area (TPSA) is 49.3 Å². The van der Waals surface area contributed by atoms with Gasteiger partial charge in [0, 0.05) is 11.7 Å². The van der Waals surface area contributed by atoms with E-state index in [1.54, 1.807) is 12.1 Å². The lowest BCUT2D eigenvalue weighted by atomic mass is 10.00. The molecular weight excluding hydrogens is 202 g/mol. The van der Waals surface area contributed by atoms with Crippen molar-refractivity contribution in [3.05, 3.63) is 29.8 Å². The number of para-hydroxylation sites is 1. The predicted molar refractivity (Wildman–Crippen MR) is 63.8 cm³/mol. The van der Waals surface area contributed by atoms with Crippen molar-refractivity contribution in [2.45, 2.75) is 32.7 Å². The van der Waals surface area contributed by atoms with Crippen molar-refractivity contribution in [2.24, 2.45) is 5.41 Å². The first-order valence-electron chi connectivity index (χ1n) is 5.62. The van der Waals surface area contributed by atoms with Crippen LogP contribution in [0.2, 0.25) is 0 Å². The summed E-state index contributed by atoms with van der Waals surface area (Å²) in [6.45, 7) is 4.35. The molecule has 0 radical (unpaired) electrons. The van der Waals surface area contributed by atoms with E-state index in [2.05, 4.69) is 19.2 Å². The van der Waals surface area contributed by atoms with Gasteiger partial charge in [0.05, 0.1) is 5.56 Å². The molecule has 1 fully saturated rings. The standard InChI is InChI=1S/C13H17NO2/c1-9(13(2)7-8-13)14-11-6-4-3-5-10(11)12(15)16/h3-6,9,14H,7-8H2,1-2H3,(H,15,16). The van der Waals surface area contributed by atoms with Crippen molar-refractivity contribution in [3.8, 4) is 0 Å². The van der Waals surface area contributed by atoms with Crippen LogP contribution in [0.5, 0.6) is 0 Å². The van der Waals surface area contributed by atoms with Crippen LogP contribution in [-0.4, -0.2) is 17.1 Å². The van der Waals surface area contributed by atoms with Crippen LogP contribution in [0.4, 0.5) is 5.69 Å². The van der Waals surface area contributed by atoms with Crippen molar-refractivity contribution in [1.29, 1.82) is 0 Å². The Morgan fingerprint density at radius 1 is 1.44 bits per heavy atom. The highest BCUT2D eigenvalue weighted by Crippen LogP contribution is 2.48. The molecule has 86 valence electrons. The summed E-state index contributed by atoms with van der Waals surface area (Å²) < 4.78 is 0. The number of hydrogen-bond acceptors (Lipinski definition) is 2. The molecule has 1 aromatic carbocycles. The Labute approximate surface area is 95.5 Å². The van der Waals surface area contributed by atoms with Gasteiger partial charge in [0.1, 0.15) is 0 Å². The summed E-state index contributed by atoms with van der Waals surface area (Å²) >= 11 is 0. The molecule has 1 saturated carbocycles. The largest absolute Gasteiger partial charge is 0.478 e. The highest BCUT2D eigenvalue weighted by Gasteiger charge is 2.42. The summed E-state index contributed by atoms with van der Waals surface area (Å²) in [5.74, 6) is -0.878. The van der Waals surface area contributed by atoms with Crippen LogP contribution in [0.3, 0.4) is 0 Å². The van der Waals surface area contributed by atoms with Gasteiger partial charge in [-0.15, -0.1) is 0 Å². The minimum atomic E-state index is -0.878. The molecule has 1 unspecified atom stereocenters. The van der Waals surface area contributed by atoms with E-state index >= 15 is 0 Å². The molecule has 0 aromatic heterocycles. The zero-order valence-electron chi connectivity index (χ0n) is 9.66. The number of hydrogen-bond donors (Lipinski definition) is 2. The Morgan fingerprint density at radius 2 is 2.06 bits per heavy atom. The second-order valence-corrected chi connectivity index (χ2v) is 4.87.